The number of hydrogen-bond donors (Lipinski definition) is 1. The van der Waals surface area contributed by atoms with Crippen molar-refractivity contribution in [1.82, 2.24) is 24.7 Å². The molecule has 0 saturated carbocycles. The zero-order valence-corrected chi connectivity index (χ0v) is 15.3. The summed E-state index contributed by atoms with van der Waals surface area (Å²) in [4.78, 5) is 13.2. The van der Waals surface area contributed by atoms with E-state index in [1.165, 1.54) is 0 Å². The van der Waals surface area contributed by atoms with E-state index in [2.05, 4.69) is 22.2 Å². The van der Waals surface area contributed by atoms with Gasteiger partial charge in [-0.05, 0) is 43.7 Å². The lowest BCUT2D eigenvalue weighted by Gasteiger charge is -2.08. The highest BCUT2D eigenvalue weighted by Crippen LogP contribution is 2.27. The molecule has 0 unspecified atom stereocenters. The van der Waals surface area contributed by atoms with Gasteiger partial charge < -0.3 is 5.32 Å². The van der Waals surface area contributed by atoms with E-state index in [4.69, 9.17) is 10.1 Å². The van der Waals surface area contributed by atoms with Gasteiger partial charge in [-0.1, -0.05) is 24.3 Å². The highest BCUT2D eigenvalue weighted by atomic mass is 15.3. The summed E-state index contributed by atoms with van der Waals surface area (Å²) in [7, 11) is 0. The van der Waals surface area contributed by atoms with E-state index in [1.807, 2.05) is 66.3 Å². The molecule has 1 aromatic carbocycles. The zero-order valence-electron chi connectivity index (χ0n) is 15.3. The highest BCUT2D eigenvalue weighted by molar-refractivity contribution is 5.66. The Balaban J connectivity index is 1.63. The van der Waals surface area contributed by atoms with Crippen molar-refractivity contribution in [2.45, 2.75) is 20.4 Å². The van der Waals surface area contributed by atoms with Gasteiger partial charge in [0.25, 0.3) is 0 Å². The molecule has 0 amide bonds. The van der Waals surface area contributed by atoms with E-state index in [9.17, 15) is 0 Å². The summed E-state index contributed by atoms with van der Waals surface area (Å²) in [6.45, 7) is 4.69. The van der Waals surface area contributed by atoms with E-state index in [0.717, 1.165) is 33.9 Å². The number of nitrogens with one attached hydrogen (secondary N) is 1. The summed E-state index contributed by atoms with van der Waals surface area (Å²) in [6.07, 6.45) is 5.36. The maximum atomic E-state index is 4.71. The van der Waals surface area contributed by atoms with Crippen LogP contribution >= 0.6 is 0 Å². The minimum atomic E-state index is 0.586. The molecule has 0 bridgehead atoms. The van der Waals surface area contributed by atoms with Gasteiger partial charge in [0.15, 0.2) is 0 Å². The third kappa shape index (κ3) is 3.55. The molecule has 0 radical (unpaired) electrons. The van der Waals surface area contributed by atoms with E-state index in [-0.39, 0.29) is 0 Å². The molecule has 6 nitrogen and oxygen atoms in total. The van der Waals surface area contributed by atoms with Crippen molar-refractivity contribution in [1.29, 1.82) is 0 Å². The quantitative estimate of drug-likeness (QED) is 0.586. The monoisotopic (exact) mass is 356 g/mol. The summed E-state index contributed by atoms with van der Waals surface area (Å²) in [5, 5.41) is 7.97. The molecule has 0 aliphatic heterocycles. The fraction of sp³-hybridized carbons (Fsp3) is 0.143. The first-order valence-corrected chi connectivity index (χ1v) is 8.80. The lowest BCUT2D eigenvalue weighted by atomic mass is 10.1. The predicted octanol–water partition coefficient (Wildman–Crippen LogP) is 3.95. The molecular formula is C21H20N6. The first kappa shape index (κ1) is 16.9. The minimum absolute atomic E-state index is 0.586. The third-order valence-corrected chi connectivity index (χ3v) is 4.38. The van der Waals surface area contributed by atoms with Crippen molar-refractivity contribution in [2.24, 2.45) is 0 Å². The standard InChI is InChI=1S/C21H20N6/c1-15-20(16(2)27(26-15)18-8-4-3-5-9-18)19-10-12-23-21(25-19)24-14-17-7-6-11-22-13-17/h3-13H,14H2,1-2H3,(H,23,24,25). The van der Waals surface area contributed by atoms with E-state index >= 15 is 0 Å². The van der Waals surface area contributed by atoms with Gasteiger partial charge in [0, 0.05) is 30.7 Å². The minimum Gasteiger partial charge on any atom is -0.350 e. The Bertz CT molecular complexity index is 1040. The van der Waals surface area contributed by atoms with Crippen LogP contribution in [0.4, 0.5) is 5.95 Å². The summed E-state index contributed by atoms with van der Waals surface area (Å²) >= 11 is 0. The number of rotatable bonds is 5. The predicted molar refractivity (Wildman–Crippen MR) is 106 cm³/mol. The largest absolute Gasteiger partial charge is 0.350 e. The van der Waals surface area contributed by atoms with Crippen LogP contribution in [-0.4, -0.2) is 24.7 Å². The average Bonchev–Trinajstić information content (AvgIpc) is 3.02. The summed E-state index contributed by atoms with van der Waals surface area (Å²) in [6, 6.07) is 16.0. The van der Waals surface area contributed by atoms with Crippen LogP contribution in [0.5, 0.6) is 0 Å². The Labute approximate surface area is 158 Å². The van der Waals surface area contributed by atoms with Crippen LogP contribution in [-0.2, 0) is 6.54 Å². The average molecular weight is 356 g/mol. The molecule has 4 aromatic rings. The van der Waals surface area contributed by atoms with Crippen molar-refractivity contribution in [2.75, 3.05) is 5.32 Å². The fourth-order valence-corrected chi connectivity index (χ4v) is 3.10. The van der Waals surface area contributed by atoms with Crippen LogP contribution in [0.25, 0.3) is 16.9 Å². The molecule has 4 rings (SSSR count). The number of aryl methyl sites for hydroxylation is 1. The maximum absolute atomic E-state index is 4.71. The Hall–Kier alpha value is -3.54. The van der Waals surface area contributed by atoms with E-state index in [0.29, 0.717) is 12.5 Å². The number of pyridine rings is 1. The summed E-state index contributed by atoms with van der Waals surface area (Å²) < 4.78 is 1.95. The molecule has 0 aliphatic rings. The van der Waals surface area contributed by atoms with Gasteiger partial charge in [0.05, 0.1) is 22.8 Å². The van der Waals surface area contributed by atoms with Crippen LogP contribution < -0.4 is 5.32 Å². The van der Waals surface area contributed by atoms with Crippen LogP contribution in [0.1, 0.15) is 17.0 Å². The molecule has 3 aromatic heterocycles. The zero-order chi connectivity index (χ0) is 18.6. The second-order valence-electron chi connectivity index (χ2n) is 6.27. The van der Waals surface area contributed by atoms with Crippen LogP contribution in [0.15, 0.2) is 67.1 Å². The molecule has 0 aliphatic carbocycles. The van der Waals surface area contributed by atoms with Crippen LogP contribution in [0, 0.1) is 13.8 Å². The van der Waals surface area contributed by atoms with E-state index < -0.39 is 0 Å². The van der Waals surface area contributed by atoms with Crippen LogP contribution in [0.3, 0.4) is 0 Å². The van der Waals surface area contributed by atoms with Gasteiger partial charge in [0.1, 0.15) is 0 Å². The molecular weight excluding hydrogens is 336 g/mol. The van der Waals surface area contributed by atoms with Gasteiger partial charge in [-0.15, -0.1) is 0 Å². The number of nitrogens with zero attached hydrogens (tertiary/aromatic N) is 5. The van der Waals surface area contributed by atoms with Crippen molar-refractivity contribution in [3.63, 3.8) is 0 Å². The van der Waals surface area contributed by atoms with Crippen molar-refractivity contribution < 1.29 is 0 Å². The van der Waals surface area contributed by atoms with Gasteiger partial charge in [-0.3, -0.25) is 4.98 Å². The lowest BCUT2D eigenvalue weighted by molar-refractivity contribution is 0.834. The van der Waals surface area contributed by atoms with Crippen molar-refractivity contribution in [3.8, 4) is 16.9 Å². The number of hydrogen-bond acceptors (Lipinski definition) is 5. The molecule has 0 atom stereocenters. The Morgan fingerprint density at radius 2 is 1.81 bits per heavy atom. The molecule has 6 heteroatoms. The van der Waals surface area contributed by atoms with Crippen molar-refractivity contribution in [3.05, 3.63) is 84.1 Å². The third-order valence-electron chi connectivity index (χ3n) is 4.38. The second kappa shape index (κ2) is 7.37. The Morgan fingerprint density at radius 3 is 2.59 bits per heavy atom. The van der Waals surface area contributed by atoms with Gasteiger partial charge in [-0.25, -0.2) is 14.6 Å². The molecule has 134 valence electrons. The smallest absolute Gasteiger partial charge is 0.223 e. The highest BCUT2D eigenvalue weighted by Gasteiger charge is 2.16. The fourth-order valence-electron chi connectivity index (χ4n) is 3.10. The first-order valence-electron chi connectivity index (χ1n) is 8.80. The summed E-state index contributed by atoms with van der Waals surface area (Å²) in [5.41, 5.74) is 5.99. The Morgan fingerprint density at radius 1 is 0.963 bits per heavy atom. The van der Waals surface area contributed by atoms with Crippen molar-refractivity contribution >= 4 is 5.95 Å². The number of para-hydroxylation sites is 1. The SMILES string of the molecule is Cc1nn(-c2ccccc2)c(C)c1-c1ccnc(NCc2cccnc2)n1. The Kier molecular flexibility index (Phi) is 4.61. The molecule has 0 spiro atoms. The topological polar surface area (TPSA) is 68.5 Å². The summed E-state index contributed by atoms with van der Waals surface area (Å²) in [5.74, 6) is 0.586. The molecule has 0 fully saturated rings. The van der Waals surface area contributed by atoms with Gasteiger partial charge in [-0.2, -0.15) is 5.10 Å². The van der Waals surface area contributed by atoms with Crippen LogP contribution in [0.2, 0.25) is 0 Å². The molecule has 0 saturated heterocycles. The molecule has 27 heavy (non-hydrogen) atoms. The van der Waals surface area contributed by atoms with Gasteiger partial charge in [0.2, 0.25) is 5.95 Å². The van der Waals surface area contributed by atoms with E-state index in [1.54, 1.807) is 12.4 Å². The normalized spacial score (nSPS) is 10.7. The second-order valence-corrected chi connectivity index (χ2v) is 6.27. The number of anilines is 1. The molecule has 1 N–H and O–H groups in total. The number of aromatic nitrogens is 5. The maximum Gasteiger partial charge on any atom is 0.223 e. The number of benzene rings is 1. The first-order chi connectivity index (χ1) is 13.2. The lowest BCUT2D eigenvalue weighted by Crippen LogP contribution is -2.04. The van der Waals surface area contributed by atoms with Gasteiger partial charge >= 0.3 is 0 Å². The molecule has 3 heterocycles.